The Balaban J connectivity index is 2.04. The van der Waals surface area contributed by atoms with E-state index in [9.17, 15) is 22.8 Å². The molecule has 0 bridgehead atoms. The fourth-order valence-electron chi connectivity index (χ4n) is 3.36. The highest BCUT2D eigenvalue weighted by Crippen LogP contribution is 2.35. The van der Waals surface area contributed by atoms with Gasteiger partial charge in [-0.3, -0.25) is 9.59 Å². The van der Waals surface area contributed by atoms with Gasteiger partial charge in [-0.2, -0.15) is 13.2 Å². The van der Waals surface area contributed by atoms with Crippen molar-refractivity contribution in [3.63, 3.8) is 0 Å². The smallest absolute Gasteiger partial charge is 0.321 e. The van der Waals surface area contributed by atoms with Gasteiger partial charge in [-0.25, -0.2) is 0 Å². The molecule has 3 aromatic rings. The van der Waals surface area contributed by atoms with Gasteiger partial charge in [-0.05, 0) is 51.1 Å². The lowest BCUT2D eigenvalue weighted by molar-refractivity contribution is -0.137. The number of ketones is 1. The van der Waals surface area contributed by atoms with E-state index in [0.717, 1.165) is 6.07 Å². The zero-order valence-corrected chi connectivity index (χ0v) is 16.1. The van der Waals surface area contributed by atoms with Crippen LogP contribution in [-0.4, -0.2) is 16.3 Å². The van der Waals surface area contributed by atoms with Crippen molar-refractivity contribution in [3.8, 4) is 5.69 Å². The van der Waals surface area contributed by atoms with Crippen LogP contribution in [0.1, 0.15) is 44.6 Å². The molecule has 0 aliphatic rings. The minimum Gasteiger partial charge on any atom is -0.321 e. The number of hydrogen-bond acceptors (Lipinski definition) is 2. The van der Waals surface area contributed by atoms with E-state index in [1.165, 1.54) is 35.8 Å². The van der Waals surface area contributed by atoms with Crippen molar-refractivity contribution in [1.82, 2.24) is 4.57 Å². The molecule has 0 unspecified atom stereocenters. The van der Waals surface area contributed by atoms with E-state index in [1.807, 2.05) is 0 Å². The summed E-state index contributed by atoms with van der Waals surface area (Å²) < 4.78 is 41.7. The van der Waals surface area contributed by atoms with Crippen LogP contribution in [-0.2, 0) is 6.18 Å². The van der Waals surface area contributed by atoms with Crippen LogP contribution < -0.4 is 5.32 Å². The molecule has 0 saturated heterocycles. The number of amides is 1. The van der Waals surface area contributed by atoms with E-state index >= 15 is 0 Å². The molecular weight excluding hydrogens is 381 g/mol. The third-order valence-corrected chi connectivity index (χ3v) is 4.68. The van der Waals surface area contributed by atoms with Gasteiger partial charge in [0.25, 0.3) is 5.91 Å². The number of hydrogen-bond donors (Lipinski definition) is 1. The fourth-order valence-corrected chi connectivity index (χ4v) is 3.36. The molecule has 29 heavy (non-hydrogen) atoms. The van der Waals surface area contributed by atoms with Gasteiger partial charge >= 0.3 is 6.18 Å². The van der Waals surface area contributed by atoms with Gasteiger partial charge in [0.15, 0.2) is 5.78 Å². The third-order valence-electron chi connectivity index (χ3n) is 4.68. The Morgan fingerprint density at radius 3 is 2.21 bits per heavy atom. The first kappa shape index (κ1) is 20.4. The van der Waals surface area contributed by atoms with Crippen molar-refractivity contribution in [2.45, 2.75) is 26.9 Å². The van der Waals surface area contributed by atoms with Crippen LogP contribution in [0, 0.1) is 13.8 Å². The van der Waals surface area contributed by atoms with Gasteiger partial charge in [-0.15, -0.1) is 0 Å². The summed E-state index contributed by atoms with van der Waals surface area (Å²) in [5.41, 5.74) is 0.982. The van der Waals surface area contributed by atoms with Crippen LogP contribution in [0.2, 0.25) is 0 Å². The molecule has 7 heteroatoms. The minimum absolute atomic E-state index is 0.0433. The zero-order valence-electron chi connectivity index (χ0n) is 16.1. The Hall–Kier alpha value is -3.35. The van der Waals surface area contributed by atoms with Crippen LogP contribution in [0.4, 0.5) is 18.9 Å². The Bertz CT molecular complexity index is 1100. The second kappa shape index (κ2) is 7.58. The molecule has 3 rings (SSSR count). The van der Waals surface area contributed by atoms with Crippen molar-refractivity contribution < 1.29 is 22.8 Å². The molecular formula is C22H19F3N2O2. The topological polar surface area (TPSA) is 51.1 Å². The lowest BCUT2D eigenvalue weighted by atomic mass is 10.1. The molecule has 0 aliphatic carbocycles. The van der Waals surface area contributed by atoms with E-state index in [2.05, 4.69) is 5.32 Å². The predicted molar refractivity (Wildman–Crippen MR) is 105 cm³/mol. The van der Waals surface area contributed by atoms with Gasteiger partial charge in [-0.1, -0.05) is 24.3 Å². The number of halogens is 3. The summed E-state index contributed by atoms with van der Waals surface area (Å²) in [4.78, 5) is 24.6. The molecule has 0 spiro atoms. The lowest BCUT2D eigenvalue weighted by Crippen LogP contribution is -2.16. The number of Topliss-reactive ketones (excluding diaryl/α,β-unsaturated/α-hetero) is 1. The molecule has 0 saturated carbocycles. The summed E-state index contributed by atoms with van der Waals surface area (Å²) in [6, 6.07) is 13.3. The van der Waals surface area contributed by atoms with Crippen molar-refractivity contribution in [2.75, 3.05) is 5.32 Å². The van der Waals surface area contributed by atoms with Gasteiger partial charge in [0, 0.05) is 17.0 Å². The second-order valence-electron chi connectivity index (χ2n) is 6.69. The van der Waals surface area contributed by atoms with Crippen molar-refractivity contribution >= 4 is 17.4 Å². The first-order valence-electron chi connectivity index (χ1n) is 8.88. The first-order chi connectivity index (χ1) is 13.6. The standard InChI is InChI=1S/C22H19F3N2O2/c1-13-12-17(21(29)26-19-10-6-4-8-16(19)15(3)28)14(2)27(13)20-11-7-5-9-18(20)22(23,24)25/h4-12H,1-3H3,(H,26,29). The Kier molecular flexibility index (Phi) is 5.33. The number of nitrogens with zero attached hydrogens (tertiary/aromatic N) is 1. The number of carbonyl (C=O) groups is 2. The highest BCUT2D eigenvalue weighted by molar-refractivity contribution is 6.09. The second-order valence-corrected chi connectivity index (χ2v) is 6.69. The Morgan fingerprint density at radius 1 is 0.931 bits per heavy atom. The Morgan fingerprint density at radius 2 is 1.55 bits per heavy atom. The SMILES string of the molecule is CC(=O)c1ccccc1NC(=O)c1cc(C)n(-c2ccccc2C(F)(F)F)c1C. The number of nitrogens with one attached hydrogen (secondary N) is 1. The van der Waals surface area contributed by atoms with E-state index in [-0.39, 0.29) is 17.0 Å². The lowest BCUT2D eigenvalue weighted by Gasteiger charge is -2.17. The summed E-state index contributed by atoms with van der Waals surface area (Å²) in [6.07, 6.45) is -4.53. The van der Waals surface area contributed by atoms with Gasteiger partial charge < -0.3 is 9.88 Å². The van der Waals surface area contributed by atoms with Crippen molar-refractivity contribution in [3.05, 3.63) is 82.7 Å². The summed E-state index contributed by atoms with van der Waals surface area (Å²) in [5.74, 6) is -0.701. The van der Waals surface area contributed by atoms with Crippen LogP contribution in [0.5, 0.6) is 0 Å². The van der Waals surface area contributed by atoms with Crippen molar-refractivity contribution in [2.24, 2.45) is 0 Å². The van der Waals surface area contributed by atoms with E-state index in [0.29, 0.717) is 22.6 Å². The molecule has 0 radical (unpaired) electrons. The quantitative estimate of drug-likeness (QED) is 0.582. The number of carbonyl (C=O) groups excluding carboxylic acids is 2. The summed E-state index contributed by atoms with van der Waals surface area (Å²) >= 11 is 0. The summed E-state index contributed by atoms with van der Waals surface area (Å²) in [7, 11) is 0. The van der Waals surface area contributed by atoms with Gasteiger partial charge in [0.1, 0.15) is 0 Å². The van der Waals surface area contributed by atoms with Crippen LogP contribution in [0.15, 0.2) is 54.6 Å². The molecule has 1 heterocycles. The van der Waals surface area contributed by atoms with E-state index in [4.69, 9.17) is 0 Å². The minimum atomic E-state index is -4.53. The molecule has 0 aliphatic heterocycles. The van der Waals surface area contributed by atoms with Crippen LogP contribution >= 0.6 is 0 Å². The number of aromatic nitrogens is 1. The van der Waals surface area contributed by atoms with Crippen molar-refractivity contribution in [1.29, 1.82) is 0 Å². The number of rotatable bonds is 4. The average Bonchev–Trinajstić information content (AvgIpc) is 2.95. The molecule has 150 valence electrons. The maximum Gasteiger partial charge on any atom is 0.418 e. The van der Waals surface area contributed by atoms with Gasteiger partial charge in [0.2, 0.25) is 0 Å². The third kappa shape index (κ3) is 3.94. The monoisotopic (exact) mass is 400 g/mol. The number of aryl methyl sites for hydroxylation is 1. The summed E-state index contributed by atoms with van der Waals surface area (Å²) in [6.45, 7) is 4.62. The normalized spacial score (nSPS) is 11.4. The highest BCUT2D eigenvalue weighted by Gasteiger charge is 2.34. The number of alkyl halides is 3. The Labute approximate surface area is 166 Å². The molecule has 4 nitrogen and oxygen atoms in total. The number of para-hydroxylation sites is 2. The van der Waals surface area contributed by atoms with E-state index < -0.39 is 17.6 Å². The maximum absolute atomic E-state index is 13.4. The molecule has 2 aromatic carbocycles. The van der Waals surface area contributed by atoms with Crippen LogP contribution in [0.3, 0.4) is 0 Å². The molecule has 1 amide bonds. The molecule has 1 aromatic heterocycles. The predicted octanol–water partition coefficient (Wildman–Crippen LogP) is 5.57. The number of benzene rings is 2. The number of anilines is 1. The molecule has 0 atom stereocenters. The summed E-state index contributed by atoms with van der Waals surface area (Å²) in [5, 5.41) is 2.69. The molecule has 1 N–H and O–H groups in total. The maximum atomic E-state index is 13.4. The largest absolute Gasteiger partial charge is 0.418 e. The highest BCUT2D eigenvalue weighted by atomic mass is 19.4. The first-order valence-corrected chi connectivity index (χ1v) is 8.88. The van der Waals surface area contributed by atoms with Gasteiger partial charge in [0.05, 0.1) is 22.5 Å². The van der Waals surface area contributed by atoms with E-state index in [1.54, 1.807) is 38.1 Å². The molecule has 0 fully saturated rings. The fraction of sp³-hybridized carbons (Fsp3) is 0.182. The van der Waals surface area contributed by atoms with Crippen LogP contribution in [0.25, 0.3) is 5.69 Å². The zero-order chi connectivity index (χ0) is 21.3. The average molecular weight is 400 g/mol.